The summed E-state index contributed by atoms with van der Waals surface area (Å²) in [5.74, 6) is 1.62. The van der Waals surface area contributed by atoms with Crippen molar-refractivity contribution >= 4 is 93.4 Å². The van der Waals surface area contributed by atoms with E-state index in [0.29, 0.717) is 0 Å². The van der Waals surface area contributed by atoms with Gasteiger partial charge >= 0.3 is 0 Å². The fourth-order valence-electron chi connectivity index (χ4n) is 12.6. The van der Waals surface area contributed by atoms with E-state index in [2.05, 4.69) is 286 Å². The van der Waals surface area contributed by atoms with E-state index < -0.39 is 0 Å². The van der Waals surface area contributed by atoms with Crippen LogP contribution < -0.4 is 4.90 Å². The van der Waals surface area contributed by atoms with E-state index >= 15 is 0 Å². The number of rotatable bonds is 9. The lowest BCUT2D eigenvalue weighted by molar-refractivity contribution is 1.08. The van der Waals surface area contributed by atoms with Crippen molar-refractivity contribution in [3.63, 3.8) is 0 Å². The number of hydrogen-bond acceptors (Lipinski definition) is 4. The molecule has 0 unspecified atom stereocenters. The van der Waals surface area contributed by atoms with Gasteiger partial charge in [0.1, 0.15) is 11.6 Å². The second-order valence-electron chi connectivity index (χ2n) is 20.9. The fraction of sp³-hybridized carbons (Fsp3) is 0.0135. The van der Waals surface area contributed by atoms with E-state index in [1.807, 2.05) is 18.3 Å². The van der Waals surface area contributed by atoms with Gasteiger partial charge in [0.05, 0.1) is 55.9 Å². The Kier molecular flexibility index (Phi) is 10.6. The molecular formula is C74H49N7. The van der Waals surface area contributed by atoms with Gasteiger partial charge in [0.2, 0.25) is 0 Å². The summed E-state index contributed by atoms with van der Waals surface area (Å²) in [4.78, 5) is 18.3. The molecule has 0 aliphatic carbocycles. The highest BCUT2D eigenvalue weighted by molar-refractivity contribution is 6.14. The summed E-state index contributed by atoms with van der Waals surface area (Å²) in [6, 6.07) is 97.6. The molecule has 0 fully saturated rings. The highest BCUT2D eigenvalue weighted by Crippen LogP contribution is 2.44. The summed E-state index contributed by atoms with van der Waals surface area (Å²) in [5, 5.41) is 9.31. The Morgan fingerprint density at radius 1 is 0.333 bits per heavy atom. The Hall–Kier alpha value is -10.9. The summed E-state index contributed by atoms with van der Waals surface area (Å²) in [7, 11) is 0. The molecule has 0 aliphatic heterocycles. The third-order valence-electron chi connectivity index (χ3n) is 16.2. The molecular weight excluding hydrogens is 987 g/mol. The van der Waals surface area contributed by atoms with Crippen molar-refractivity contribution in [3.8, 4) is 51.0 Å². The quantitative estimate of drug-likeness (QED) is 0.145. The Morgan fingerprint density at radius 2 is 0.840 bits per heavy atom. The van der Waals surface area contributed by atoms with E-state index in [1.54, 1.807) is 0 Å². The molecule has 0 aliphatic rings. The number of benzene rings is 10. The molecule has 0 saturated carbocycles. The number of aromatic nitrogens is 6. The molecule has 6 heterocycles. The minimum absolute atomic E-state index is 0.804. The molecule has 6 aromatic heterocycles. The zero-order valence-electron chi connectivity index (χ0n) is 44.2. The van der Waals surface area contributed by atoms with E-state index in [1.165, 1.54) is 43.5 Å². The predicted molar refractivity (Wildman–Crippen MR) is 336 cm³/mol. The third-order valence-corrected chi connectivity index (χ3v) is 16.2. The van der Waals surface area contributed by atoms with Crippen LogP contribution >= 0.6 is 0 Å². The fourth-order valence-corrected chi connectivity index (χ4v) is 12.6. The minimum atomic E-state index is 0.804. The molecule has 16 aromatic rings. The van der Waals surface area contributed by atoms with Gasteiger partial charge in [-0.1, -0.05) is 146 Å². The van der Waals surface area contributed by atoms with Crippen LogP contribution in [0.25, 0.3) is 127 Å². The van der Waals surface area contributed by atoms with Gasteiger partial charge < -0.3 is 9.13 Å². The zero-order chi connectivity index (χ0) is 53.5. The number of para-hydroxylation sites is 4. The van der Waals surface area contributed by atoms with Gasteiger partial charge in [-0.3, -0.25) is 14.5 Å². The number of nitrogens with zero attached hydrogens (tertiary/aromatic N) is 7. The van der Waals surface area contributed by atoms with E-state index in [-0.39, 0.29) is 0 Å². The molecule has 0 spiro atoms. The second kappa shape index (κ2) is 18.7. The number of hydrogen-bond donors (Lipinski definition) is 0. The van der Waals surface area contributed by atoms with E-state index in [4.69, 9.17) is 15.0 Å². The lowest BCUT2D eigenvalue weighted by Gasteiger charge is -2.27. The Balaban J connectivity index is 0.888. The lowest BCUT2D eigenvalue weighted by atomic mass is 10.0. The molecule has 7 heteroatoms. The van der Waals surface area contributed by atoms with Crippen molar-refractivity contribution in [2.75, 3.05) is 4.90 Å². The smallest absolute Gasteiger partial charge is 0.138 e. The van der Waals surface area contributed by atoms with Crippen molar-refractivity contribution in [2.45, 2.75) is 6.92 Å². The molecule has 0 radical (unpaired) electrons. The van der Waals surface area contributed by atoms with Gasteiger partial charge in [-0.05, 0) is 145 Å². The van der Waals surface area contributed by atoms with Gasteiger partial charge in [0.15, 0.2) is 0 Å². The van der Waals surface area contributed by atoms with Crippen LogP contribution in [0.5, 0.6) is 0 Å². The van der Waals surface area contributed by atoms with Crippen LogP contribution in [-0.4, -0.2) is 28.7 Å². The molecule has 0 bridgehead atoms. The second-order valence-corrected chi connectivity index (χ2v) is 20.9. The van der Waals surface area contributed by atoms with Gasteiger partial charge in [-0.2, -0.15) is 0 Å². The van der Waals surface area contributed by atoms with Gasteiger partial charge in [0.25, 0.3) is 0 Å². The Labute approximate surface area is 467 Å². The summed E-state index contributed by atoms with van der Waals surface area (Å²) < 4.78 is 7.04. The van der Waals surface area contributed by atoms with Gasteiger partial charge in [-0.25, -0.2) is 9.97 Å². The SMILES string of the molecule is Cc1cccc2cccc(N(c3ccc4c5cc(-c6ccccn6)ccc5n(-c5cccc(-c6ccc7c(c6)c6ccccc6n7-c6ccccc6)n5)c4c3)c3cccc(-c4ccc5c(c4)c4ccccc4n5-c4ccccc4)n3)c12. The van der Waals surface area contributed by atoms with Crippen LogP contribution in [0.2, 0.25) is 0 Å². The average molecular weight is 1040 g/mol. The van der Waals surface area contributed by atoms with Crippen molar-refractivity contribution in [1.82, 2.24) is 28.7 Å². The first-order valence-corrected chi connectivity index (χ1v) is 27.5. The van der Waals surface area contributed by atoms with Crippen LogP contribution in [0, 0.1) is 6.92 Å². The number of pyridine rings is 3. The molecule has 380 valence electrons. The molecule has 10 aromatic carbocycles. The minimum Gasteiger partial charge on any atom is -0.309 e. The highest BCUT2D eigenvalue weighted by Gasteiger charge is 2.23. The average Bonchev–Trinajstić information content (AvgIpc) is 4.19. The first-order chi connectivity index (χ1) is 40.1. The van der Waals surface area contributed by atoms with Gasteiger partial charge in [-0.15, -0.1) is 0 Å². The van der Waals surface area contributed by atoms with E-state index in [9.17, 15) is 0 Å². The maximum Gasteiger partial charge on any atom is 0.138 e. The van der Waals surface area contributed by atoms with Crippen LogP contribution in [0.15, 0.2) is 279 Å². The standard InChI is InChI=1S/C74H49N7/c1-48-18-14-19-49-20-15-32-70(74(48)49)80(72-33-16-28-63(76-72)51-36-40-67-59(45-51)56-25-8-10-30-65(56)78(67)53-21-4-2-5-22-53)55-38-39-58-61-44-50(62-27-12-13-43-75-62)35-42-69(61)81(71(58)47-55)73-34-17-29-64(77-73)52-37-41-68-60(46-52)57-26-9-11-31-66(57)79(68)54-23-6-3-7-24-54/h2-47H,1H3. The van der Waals surface area contributed by atoms with Crippen molar-refractivity contribution < 1.29 is 0 Å². The van der Waals surface area contributed by atoms with Crippen molar-refractivity contribution in [2.24, 2.45) is 0 Å². The molecule has 81 heavy (non-hydrogen) atoms. The normalized spacial score (nSPS) is 11.8. The van der Waals surface area contributed by atoms with E-state index in [0.717, 1.165) is 106 Å². The molecule has 0 N–H and O–H groups in total. The highest BCUT2D eigenvalue weighted by atomic mass is 15.2. The molecule has 0 amide bonds. The summed E-state index contributed by atoms with van der Waals surface area (Å²) in [6.07, 6.45) is 1.86. The molecule has 16 rings (SSSR count). The maximum atomic E-state index is 5.63. The summed E-state index contributed by atoms with van der Waals surface area (Å²) >= 11 is 0. The van der Waals surface area contributed by atoms with Crippen molar-refractivity contribution in [1.29, 1.82) is 0 Å². The Bertz CT molecular complexity index is 5130. The van der Waals surface area contributed by atoms with Crippen LogP contribution in [0.1, 0.15) is 5.56 Å². The Morgan fingerprint density at radius 3 is 1.47 bits per heavy atom. The third kappa shape index (κ3) is 7.54. The molecule has 0 atom stereocenters. The number of fused-ring (bicyclic) bond motifs is 10. The van der Waals surface area contributed by atoms with Gasteiger partial charge in [0, 0.05) is 77.7 Å². The first-order valence-electron chi connectivity index (χ1n) is 27.5. The molecule has 7 nitrogen and oxygen atoms in total. The largest absolute Gasteiger partial charge is 0.309 e. The zero-order valence-corrected chi connectivity index (χ0v) is 44.2. The topological polar surface area (TPSA) is 56.7 Å². The maximum absolute atomic E-state index is 5.63. The van der Waals surface area contributed by atoms with Crippen molar-refractivity contribution in [3.05, 3.63) is 285 Å². The predicted octanol–water partition coefficient (Wildman–Crippen LogP) is 19.1. The number of anilines is 3. The molecule has 0 saturated heterocycles. The summed E-state index contributed by atoms with van der Waals surface area (Å²) in [5.41, 5.74) is 18.0. The van der Waals surface area contributed by atoms with Crippen LogP contribution in [0.3, 0.4) is 0 Å². The summed E-state index contributed by atoms with van der Waals surface area (Å²) in [6.45, 7) is 2.20. The number of aryl methyl sites for hydroxylation is 1. The monoisotopic (exact) mass is 1040 g/mol. The van der Waals surface area contributed by atoms with Crippen LogP contribution in [0.4, 0.5) is 17.2 Å². The lowest BCUT2D eigenvalue weighted by Crippen LogP contribution is -2.13. The first kappa shape index (κ1) is 46.2. The van der Waals surface area contributed by atoms with Crippen LogP contribution in [-0.2, 0) is 0 Å².